The molecule has 2 heterocycles. The van der Waals surface area contributed by atoms with Crippen LogP contribution in [-0.4, -0.2) is 45.1 Å². The molecule has 0 saturated carbocycles. The zero-order valence-electron chi connectivity index (χ0n) is 11.4. The predicted octanol–water partition coefficient (Wildman–Crippen LogP) is -0.120. The average molecular weight is 281 g/mol. The molecular formula is C12H19N5O3. The molecule has 1 aromatic rings. The number of carboxylic acids is 1. The Kier molecular flexibility index (Phi) is 4.33. The van der Waals surface area contributed by atoms with E-state index in [1.54, 1.807) is 0 Å². The minimum absolute atomic E-state index is 0.0331. The van der Waals surface area contributed by atoms with Gasteiger partial charge in [0.05, 0.1) is 5.69 Å². The summed E-state index contributed by atoms with van der Waals surface area (Å²) < 4.78 is 1.40. The molecule has 0 aromatic carbocycles. The van der Waals surface area contributed by atoms with Crippen molar-refractivity contribution in [3.05, 3.63) is 11.4 Å². The first-order valence-corrected chi connectivity index (χ1v) is 6.74. The van der Waals surface area contributed by atoms with E-state index in [1.165, 1.54) is 4.68 Å². The van der Waals surface area contributed by atoms with Gasteiger partial charge in [-0.15, -0.1) is 5.10 Å². The van der Waals surface area contributed by atoms with Crippen LogP contribution in [0.4, 0.5) is 0 Å². The van der Waals surface area contributed by atoms with Crippen LogP contribution in [0.3, 0.4) is 0 Å². The molecule has 2 rings (SSSR count). The number of nitrogens with zero attached hydrogens (tertiary/aromatic N) is 3. The first-order chi connectivity index (χ1) is 9.56. The molecule has 110 valence electrons. The van der Waals surface area contributed by atoms with E-state index in [0.717, 1.165) is 25.9 Å². The fourth-order valence-corrected chi connectivity index (χ4v) is 2.65. The molecule has 8 heteroatoms. The highest BCUT2D eigenvalue weighted by molar-refractivity contribution is 5.87. The lowest BCUT2D eigenvalue weighted by Crippen LogP contribution is -2.32. The molecule has 1 unspecified atom stereocenters. The Bertz CT molecular complexity index is 507. The summed E-state index contributed by atoms with van der Waals surface area (Å²) in [6, 6.07) is -0.652. The second kappa shape index (κ2) is 6.00. The van der Waals surface area contributed by atoms with E-state index in [2.05, 4.69) is 15.6 Å². The van der Waals surface area contributed by atoms with Gasteiger partial charge in [-0.25, -0.2) is 9.48 Å². The third kappa shape index (κ3) is 2.64. The molecule has 1 aliphatic heterocycles. The molecule has 4 N–H and O–H groups in total. The summed E-state index contributed by atoms with van der Waals surface area (Å²) in [4.78, 5) is 22.8. The van der Waals surface area contributed by atoms with Crippen molar-refractivity contribution < 1.29 is 14.7 Å². The van der Waals surface area contributed by atoms with Gasteiger partial charge in [-0.3, -0.25) is 4.79 Å². The smallest absolute Gasteiger partial charge is 0.358 e. The van der Waals surface area contributed by atoms with Crippen LogP contribution >= 0.6 is 0 Å². The molecule has 1 aliphatic rings. The lowest BCUT2D eigenvalue weighted by Gasteiger charge is -2.25. The molecule has 1 saturated heterocycles. The molecular weight excluding hydrogens is 262 g/mol. The molecule has 0 aliphatic carbocycles. The Morgan fingerprint density at radius 1 is 1.50 bits per heavy atom. The van der Waals surface area contributed by atoms with E-state index in [1.807, 2.05) is 6.92 Å². The predicted molar refractivity (Wildman–Crippen MR) is 70.3 cm³/mol. The van der Waals surface area contributed by atoms with Crippen LogP contribution in [0.1, 0.15) is 54.3 Å². The largest absolute Gasteiger partial charge is 0.476 e. The first kappa shape index (κ1) is 14.4. The number of piperidine rings is 1. The van der Waals surface area contributed by atoms with Gasteiger partial charge in [-0.1, -0.05) is 12.1 Å². The van der Waals surface area contributed by atoms with Crippen molar-refractivity contribution in [1.29, 1.82) is 0 Å². The molecule has 1 amide bonds. The number of carboxylic acid groups (broad SMARTS) is 1. The van der Waals surface area contributed by atoms with Crippen molar-refractivity contribution in [3.63, 3.8) is 0 Å². The number of carbonyl (C=O) groups is 2. The van der Waals surface area contributed by atoms with E-state index < -0.39 is 17.9 Å². The van der Waals surface area contributed by atoms with E-state index in [9.17, 15) is 14.7 Å². The maximum absolute atomic E-state index is 11.5. The first-order valence-electron chi connectivity index (χ1n) is 6.74. The van der Waals surface area contributed by atoms with Gasteiger partial charge in [0.15, 0.2) is 5.69 Å². The summed E-state index contributed by atoms with van der Waals surface area (Å²) in [6.45, 7) is 3.42. The van der Waals surface area contributed by atoms with Crippen molar-refractivity contribution >= 4 is 11.9 Å². The zero-order valence-corrected chi connectivity index (χ0v) is 11.4. The number of nitrogens with two attached hydrogens (primary N) is 1. The van der Waals surface area contributed by atoms with Crippen molar-refractivity contribution in [3.8, 4) is 0 Å². The Morgan fingerprint density at radius 2 is 2.15 bits per heavy atom. The van der Waals surface area contributed by atoms with Crippen LogP contribution in [0.5, 0.6) is 0 Å². The van der Waals surface area contributed by atoms with Crippen molar-refractivity contribution in [2.45, 2.75) is 38.1 Å². The minimum atomic E-state index is -1.12. The third-order valence-electron chi connectivity index (χ3n) is 3.67. The van der Waals surface area contributed by atoms with Crippen LogP contribution in [0, 0.1) is 0 Å². The van der Waals surface area contributed by atoms with Gasteiger partial charge in [-0.05, 0) is 32.4 Å². The van der Waals surface area contributed by atoms with Gasteiger partial charge in [0.25, 0.3) is 0 Å². The van der Waals surface area contributed by atoms with Crippen LogP contribution in [0.15, 0.2) is 0 Å². The Balaban J connectivity index is 2.46. The highest BCUT2D eigenvalue weighted by Crippen LogP contribution is 2.29. The number of nitrogens with one attached hydrogen (secondary N) is 1. The summed E-state index contributed by atoms with van der Waals surface area (Å²) in [5.41, 5.74) is 5.82. The maximum Gasteiger partial charge on any atom is 0.358 e. The normalized spacial score (nSPS) is 17.9. The van der Waals surface area contributed by atoms with Crippen molar-refractivity contribution in [2.24, 2.45) is 5.73 Å². The van der Waals surface area contributed by atoms with E-state index in [-0.39, 0.29) is 11.6 Å². The Hall–Kier alpha value is -1.96. The summed E-state index contributed by atoms with van der Waals surface area (Å²) >= 11 is 0. The van der Waals surface area contributed by atoms with Crippen LogP contribution in [-0.2, 0) is 4.79 Å². The molecule has 1 atom stereocenters. The number of rotatable bonds is 5. The molecule has 0 bridgehead atoms. The maximum atomic E-state index is 11.5. The highest BCUT2D eigenvalue weighted by Gasteiger charge is 2.31. The number of primary amides is 1. The fourth-order valence-electron chi connectivity index (χ4n) is 2.65. The molecule has 0 radical (unpaired) electrons. The van der Waals surface area contributed by atoms with Gasteiger partial charge in [-0.2, -0.15) is 0 Å². The second-order valence-electron chi connectivity index (χ2n) is 4.92. The lowest BCUT2D eigenvalue weighted by molar-refractivity contribution is -0.121. The van der Waals surface area contributed by atoms with Gasteiger partial charge < -0.3 is 16.2 Å². The lowest BCUT2D eigenvalue weighted by atomic mass is 9.92. The number of hydrogen-bond acceptors (Lipinski definition) is 5. The third-order valence-corrected chi connectivity index (χ3v) is 3.67. The molecule has 8 nitrogen and oxygen atoms in total. The second-order valence-corrected chi connectivity index (χ2v) is 4.92. The van der Waals surface area contributed by atoms with Gasteiger partial charge >= 0.3 is 5.97 Å². The summed E-state index contributed by atoms with van der Waals surface area (Å²) in [5.74, 6) is -1.61. The van der Waals surface area contributed by atoms with Gasteiger partial charge in [0.1, 0.15) is 6.04 Å². The number of carbonyl (C=O) groups excluding carboxylic acids is 1. The number of amides is 1. The number of aromatic carboxylic acids is 1. The fraction of sp³-hybridized carbons (Fsp3) is 0.667. The molecule has 0 spiro atoms. The van der Waals surface area contributed by atoms with Crippen LogP contribution < -0.4 is 11.1 Å². The minimum Gasteiger partial charge on any atom is -0.476 e. The Morgan fingerprint density at radius 3 is 2.65 bits per heavy atom. The zero-order chi connectivity index (χ0) is 14.7. The monoisotopic (exact) mass is 281 g/mol. The molecule has 1 fully saturated rings. The van der Waals surface area contributed by atoms with E-state index in [0.29, 0.717) is 12.1 Å². The van der Waals surface area contributed by atoms with E-state index in [4.69, 9.17) is 5.73 Å². The van der Waals surface area contributed by atoms with Crippen LogP contribution in [0.25, 0.3) is 0 Å². The molecule has 20 heavy (non-hydrogen) atoms. The van der Waals surface area contributed by atoms with Gasteiger partial charge in [0, 0.05) is 5.92 Å². The van der Waals surface area contributed by atoms with E-state index >= 15 is 0 Å². The topological polar surface area (TPSA) is 123 Å². The van der Waals surface area contributed by atoms with Gasteiger partial charge in [0.2, 0.25) is 5.91 Å². The van der Waals surface area contributed by atoms with Crippen LogP contribution in [0.2, 0.25) is 0 Å². The SMILES string of the molecule is CCC(C(N)=O)n1nnc(C(=O)O)c1C1CCNCC1. The summed E-state index contributed by atoms with van der Waals surface area (Å²) in [5, 5.41) is 20.1. The Labute approximate surface area is 116 Å². The summed E-state index contributed by atoms with van der Waals surface area (Å²) in [7, 11) is 0. The summed E-state index contributed by atoms with van der Waals surface area (Å²) in [6.07, 6.45) is 2.04. The molecule has 1 aromatic heterocycles. The quantitative estimate of drug-likeness (QED) is 0.691. The van der Waals surface area contributed by atoms with Crippen molar-refractivity contribution in [2.75, 3.05) is 13.1 Å². The highest BCUT2D eigenvalue weighted by atomic mass is 16.4. The standard InChI is InChI=1S/C12H19N5O3/c1-2-8(11(13)18)17-10(7-3-5-14-6-4-7)9(12(19)20)15-16-17/h7-8,14H,2-6H2,1H3,(H2,13,18)(H,19,20). The number of aromatic nitrogens is 3. The van der Waals surface area contributed by atoms with Crippen molar-refractivity contribution in [1.82, 2.24) is 20.3 Å². The number of hydrogen-bond donors (Lipinski definition) is 3. The average Bonchev–Trinajstić information content (AvgIpc) is 2.85.